The largest absolute Gasteiger partial charge is 0.360 e. The first-order chi connectivity index (χ1) is 9.25. The quantitative estimate of drug-likeness (QED) is 0.793. The Kier molecular flexibility index (Phi) is 5.58. The van der Waals surface area contributed by atoms with Gasteiger partial charge in [0.2, 0.25) is 0 Å². The fourth-order valence-electron chi connectivity index (χ4n) is 2.51. The molecule has 0 radical (unpaired) electrons. The van der Waals surface area contributed by atoms with E-state index in [1.807, 2.05) is 0 Å². The van der Waals surface area contributed by atoms with Crippen LogP contribution >= 0.6 is 12.2 Å². The highest BCUT2D eigenvalue weighted by atomic mass is 32.1. The number of para-hydroxylation sites is 1. The second-order valence-electron chi connectivity index (χ2n) is 5.12. The van der Waals surface area contributed by atoms with Crippen molar-refractivity contribution in [3.05, 3.63) is 30.1 Å². The summed E-state index contributed by atoms with van der Waals surface area (Å²) in [4.78, 5) is 0. The van der Waals surface area contributed by atoms with Gasteiger partial charge in [-0.3, -0.25) is 0 Å². The molecule has 19 heavy (non-hydrogen) atoms. The fraction of sp³-hybridized carbons (Fsp3) is 0.533. The molecular weight excluding hydrogens is 259 g/mol. The molecule has 1 saturated carbocycles. The lowest BCUT2D eigenvalue weighted by molar-refractivity contribution is 0.429. The van der Waals surface area contributed by atoms with Crippen LogP contribution in [-0.4, -0.2) is 11.2 Å². The molecule has 0 saturated heterocycles. The third-order valence-electron chi connectivity index (χ3n) is 3.56. The fourth-order valence-corrected chi connectivity index (χ4v) is 2.78. The zero-order valence-corrected chi connectivity index (χ0v) is 11.9. The Labute approximate surface area is 119 Å². The van der Waals surface area contributed by atoms with Crippen LogP contribution in [0.25, 0.3) is 0 Å². The van der Waals surface area contributed by atoms with Crippen molar-refractivity contribution < 1.29 is 4.39 Å². The van der Waals surface area contributed by atoms with Crippen LogP contribution in [0.4, 0.5) is 10.1 Å². The van der Waals surface area contributed by atoms with E-state index in [9.17, 15) is 4.39 Å². The van der Waals surface area contributed by atoms with E-state index in [-0.39, 0.29) is 5.82 Å². The normalized spacial score (nSPS) is 17.3. The number of halogens is 1. The maximum atomic E-state index is 13.5. The Hall–Kier alpha value is -1.16. The van der Waals surface area contributed by atoms with Crippen LogP contribution in [0.15, 0.2) is 24.3 Å². The van der Waals surface area contributed by atoms with Gasteiger partial charge < -0.3 is 10.6 Å². The Morgan fingerprint density at radius 2 is 1.68 bits per heavy atom. The van der Waals surface area contributed by atoms with Crippen LogP contribution in [0.3, 0.4) is 0 Å². The van der Waals surface area contributed by atoms with Gasteiger partial charge in [0.15, 0.2) is 5.11 Å². The summed E-state index contributed by atoms with van der Waals surface area (Å²) in [5.74, 6) is -0.274. The Bertz CT molecular complexity index is 414. The molecule has 0 spiro atoms. The molecule has 1 aromatic carbocycles. The summed E-state index contributed by atoms with van der Waals surface area (Å²) in [6.45, 7) is 0. The highest BCUT2D eigenvalue weighted by Gasteiger charge is 2.12. The van der Waals surface area contributed by atoms with E-state index in [0.717, 1.165) is 12.8 Å². The summed E-state index contributed by atoms with van der Waals surface area (Å²) >= 11 is 5.27. The molecule has 1 aliphatic carbocycles. The standard InChI is InChI=1S/C15H21FN2S/c16-13-10-6-7-11-14(13)18-15(19)17-12-8-4-2-1-3-5-9-12/h6-7,10-12H,1-5,8-9H2,(H2,17,18,19). The van der Waals surface area contributed by atoms with E-state index in [0.29, 0.717) is 16.8 Å². The van der Waals surface area contributed by atoms with Crippen molar-refractivity contribution >= 4 is 23.0 Å². The van der Waals surface area contributed by atoms with E-state index in [1.54, 1.807) is 18.2 Å². The average Bonchev–Trinajstić information content (AvgIpc) is 2.35. The lowest BCUT2D eigenvalue weighted by Gasteiger charge is -2.22. The minimum Gasteiger partial charge on any atom is -0.360 e. The first kappa shape index (κ1) is 14.3. The lowest BCUT2D eigenvalue weighted by atomic mass is 9.97. The molecule has 1 fully saturated rings. The monoisotopic (exact) mass is 280 g/mol. The van der Waals surface area contributed by atoms with Crippen molar-refractivity contribution in [2.75, 3.05) is 5.32 Å². The summed E-state index contributed by atoms with van der Waals surface area (Å²) in [5, 5.41) is 6.78. The van der Waals surface area contributed by atoms with Gasteiger partial charge in [-0.1, -0.05) is 44.2 Å². The van der Waals surface area contributed by atoms with Crippen molar-refractivity contribution in [3.8, 4) is 0 Å². The smallest absolute Gasteiger partial charge is 0.171 e. The molecule has 0 unspecified atom stereocenters. The van der Waals surface area contributed by atoms with Gasteiger partial charge in [-0.25, -0.2) is 4.39 Å². The molecule has 1 aliphatic rings. The molecule has 0 atom stereocenters. The molecule has 0 aromatic heterocycles. The van der Waals surface area contributed by atoms with Crippen molar-refractivity contribution in [1.82, 2.24) is 5.32 Å². The van der Waals surface area contributed by atoms with Crippen LogP contribution in [0, 0.1) is 5.82 Å². The summed E-state index contributed by atoms with van der Waals surface area (Å²) in [6.07, 6.45) is 8.78. The molecule has 1 aromatic rings. The molecular formula is C15H21FN2S. The van der Waals surface area contributed by atoms with Gasteiger partial charge in [-0.05, 0) is 37.2 Å². The number of hydrogen-bond acceptors (Lipinski definition) is 1. The molecule has 4 heteroatoms. The van der Waals surface area contributed by atoms with Crippen LogP contribution in [0.1, 0.15) is 44.9 Å². The predicted molar refractivity (Wildman–Crippen MR) is 81.9 cm³/mol. The average molecular weight is 280 g/mol. The van der Waals surface area contributed by atoms with Crippen molar-refractivity contribution in [2.45, 2.75) is 51.0 Å². The number of rotatable bonds is 2. The Morgan fingerprint density at radius 3 is 2.37 bits per heavy atom. The number of anilines is 1. The number of thiocarbonyl (C=S) groups is 1. The Morgan fingerprint density at radius 1 is 1.05 bits per heavy atom. The molecule has 0 amide bonds. The molecule has 2 nitrogen and oxygen atoms in total. The molecule has 2 N–H and O–H groups in total. The topological polar surface area (TPSA) is 24.1 Å². The number of nitrogens with one attached hydrogen (secondary N) is 2. The van der Waals surface area contributed by atoms with Crippen molar-refractivity contribution in [3.63, 3.8) is 0 Å². The number of hydrogen-bond donors (Lipinski definition) is 2. The summed E-state index contributed by atoms with van der Waals surface area (Å²) < 4.78 is 13.5. The highest BCUT2D eigenvalue weighted by molar-refractivity contribution is 7.80. The summed E-state index contributed by atoms with van der Waals surface area (Å²) in [7, 11) is 0. The second-order valence-corrected chi connectivity index (χ2v) is 5.53. The molecule has 0 bridgehead atoms. The van der Waals surface area contributed by atoms with Crippen molar-refractivity contribution in [1.29, 1.82) is 0 Å². The van der Waals surface area contributed by atoms with Gasteiger partial charge in [0, 0.05) is 6.04 Å². The second kappa shape index (κ2) is 7.43. The van der Waals surface area contributed by atoms with Gasteiger partial charge in [-0.15, -0.1) is 0 Å². The maximum Gasteiger partial charge on any atom is 0.171 e. The minimum atomic E-state index is -0.274. The Balaban J connectivity index is 1.84. The van der Waals surface area contributed by atoms with Gasteiger partial charge in [0.1, 0.15) is 5.82 Å². The zero-order valence-electron chi connectivity index (χ0n) is 11.1. The van der Waals surface area contributed by atoms with E-state index < -0.39 is 0 Å². The van der Waals surface area contributed by atoms with Crippen LogP contribution < -0.4 is 10.6 Å². The molecule has 2 rings (SSSR count). The van der Waals surface area contributed by atoms with Crippen LogP contribution in [-0.2, 0) is 0 Å². The summed E-state index contributed by atoms with van der Waals surface area (Å²) in [6, 6.07) is 7.02. The van der Waals surface area contributed by atoms with E-state index in [4.69, 9.17) is 12.2 Å². The van der Waals surface area contributed by atoms with E-state index >= 15 is 0 Å². The first-order valence-electron chi connectivity index (χ1n) is 7.08. The third kappa shape index (κ3) is 4.78. The third-order valence-corrected chi connectivity index (χ3v) is 3.78. The zero-order chi connectivity index (χ0) is 13.5. The minimum absolute atomic E-state index is 0.274. The van der Waals surface area contributed by atoms with Gasteiger partial charge in [0.25, 0.3) is 0 Å². The molecule has 0 heterocycles. The predicted octanol–water partition coefficient (Wildman–Crippen LogP) is 4.23. The maximum absolute atomic E-state index is 13.5. The van der Waals surface area contributed by atoms with Crippen LogP contribution in [0.2, 0.25) is 0 Å². The van der Waals surface area contributed by atoms with Crippen LogP contribution in [0.5, 0.6) is 0 Å². The van der Waals surface area contributed by atoms with E-state index in [1.165, 1.54) is 38.2 Å². The SMILES string of the molecule is Fc1ccccc1NC(=S)NC1CCCCCCC1. The van der Waals surface area contributed by atoms with Gasteiger partial charge >= 0.3 is 0 Å². The highest BCUT2D eigenvalue weighted by Crippen LogP contribution is 2.17. The summed E-state index contributed by atoms with van der Waals surface area (Å²) in [5.41, 5.74) is 0.436. The van der Waals surface area contributed by atoms with Crippen molar-refractivity contribution in [2.24, 2.45) is 0 Å². The van der Waals surface area contributed by atoms with Gasteiger partial charge in [0.05, 0.1) is 5.69 Å². The van der Waals surface area contributed by atoms with Gasteiger partial charge in [-0.2, -0.15) is 0 Å². The first-order valence-corrected chi connectivity index (χ1v) is 7.48. The van der Waals surface area contributed by atoms with E-state index in [2.05, 4.69) is 10.6 Å². The number of benzene rings is 1. The molecule has 0 aliphatic heterocycles. The lowest BCUT2D eigenvalue weighted by Crippen LogP contribution is -2.38. The molecule has 104 valence electrons.